The van der Waals surface area contributed by atoms with Crippen LogP contribution in [-0.4, -0.2) is 203 Å². The molecule has 6 aromatic carbocycles. The van der Waals surface area contributed by atoms with Crippen LogP contribution in [0.1, 0.15) is 247 Å². The second-order valence-corrected chi connectivity index (χ2v) is 37.9. The van der Waals surface area contributed by atoms with E-state index in [1.54, 1.807) is 21.3 Å². The lowest BCUT2D eigenvalue weighted by Gasteiger charge is -2.39. The average molecular weight is 1880 g/mol. The number of nitrogens with two attached hydrogens (primary N) is 2. The topological polar surface area (TPSA) is 501 Å². The first-order chi connectivity index (χ1) is 65.8. The van der Waals surface area contributed by atoms with Gasteiger partial charge in [0.2, 0.25) is 0 Å². The molecule has 0 radical (unpaired) electrons. The van der Waals surface area contributed by atoms with Crippen LogP contribution in [0.5, 0.6) is 5.75 Å². The van der Waals surface area contributed by atoms with Crippen LogP contribution < -0.4 is 79.8 Å². The van der Waals surface area contributed by atoms with E-state index in [0.29, 0.717) is 112 Å². The lowest BCUT2D eigenvalue weighted by molar-refractivity contribution is -0.00502. The highest BCUT2D eigenvalue weighted by molar-refractivity contribution is 5.77. The van der Waals surface area contributed by atoms with Crippen molar-refractivity contribution in [2.75, 3.05) is 159 Å². The number of anilines is 5. The van der Waals surface area contributed by atoms with Crippen molar-refractivity contribution in [2.24, 2.45) is 68.2 Å². The Morgan fingerprint density at radius 1 is 0.407 bits per heavy atom. The second-order valence-electron chi connectivity index (χ2n) is 37.9. The Morgan fingerprint density at radius 2 is 0.741 bits per heavy atom. The van der Waals surface area contributed by atoms with E-state index in [1.807, 2.05) is 41.3 Å². The molecule has 3 heterocycles. The van der Waals surface area contributed by atoms with E-state index in [-0.39, 0.29) is 85.5 Å². The Bertz CT molecular complexity index is 4680. The summed E-state index contributed by atoms with van der Waals surface area (Å²) in [7, 11) is 6.43. The van der Waals surface area contributed by atoms with Gasteiger partial charge in [-0.3, -0.25) is 28.8 Å². The molecule has 6 unspecified atom stereocenters. The van der Waals surface area contributed by atoms with Crippen molar-refractivity contribution >= 4 is 28.4 Å². The number of azide groups is 3. The Kier molecular flexibility index (Phi) is 49.9. The first-order valence-corrected chi connectivity index (χ1v) is 50.0. The Labute approximate surface area is 795 Å². The van der Waals surface area contributed by atoms with Crippen molar-refractivity contribution in [3.05, 3.63) is 200 Å². The molecule has 0 amide bonds. The maximum Gasteiger partial charge on any atom is 0.271 e. The molecule has 7 fully saturated rings. The molecule has 0 aromatic heterocycles. The van der Waals surface area contributed by atoms with Crippen LogP contribution in [0.4, 0.5) is 28.4 Å². The Balaban J connectivity index is 0.000000198. The van der Waals surface area contributed by atoms with E-state index in [2.05, 4.69) is 111 Å². The van der Waals surface area contributed by atoms with Crippen LogP contribution in [-0.2, 0) is 28.4 Å². The summed E-state index contributed by atoms with van der Waals surface area (Å²) < 4.78 is 39.3. The van der Waals surface area contributed by atoms with Gasteiger partial charge in [-0.05, 0) is 147 Å². The maximum absolute atomic E-state index is 12.9. The zero-order chi connectivity index (χ0) is 96.5. The van der Waals surface area contributed by atoms with Gasteiger partial charge in [0.1, 0.15) is 28.4 Å². The molecule has 34 heteroatoms. The molecule has 14 atom stereocenters. The number of benzene rings is 3. The van der Waals surface area contributed by atoms with Crippen LogP contribution in [0.3, 0.4) is 0 Å². The van der Waals surface area contributed by atoms with Crippen LogP contribution in [0, 0.1) is 41.4 Å². The van der Waals surface area contributed by atoms with Crippen molar-refractivity contribution in [1.82, 2.24) is 5.32 Å². The molecule has 12 N–H and O–H groups in total. The van der Waals surface area contributed by atoms with Gasteiger partial charge >= 0.3 is 0 Å². The average Bonchev–Trinajstić information content (AvgIpc) is 0.750. The number of ether oxygens (including phenoxy) is 7. The third-order valence-corrected chi connectivity index (χ3v) is 28.1. The summed E-state index contributed by atoms with van der Waals surface area (Å²) in [4.78, 5) is 86.6. The van der Waals surface area contributed by atoms with E-state index in [9.17, 15) is 49.2 Å². The summed E-state index contributed by atoms with van der Waals surface area (Å²) in [5, 5.41) is 64.7. The number of methoxy groups -OCH3 is 4. The molecule has 4 aliphatic carbocycles. The first kappa shape index (κ1) is 110. The molecular formula is C101H155N17O17. The van der Waals surface area contributed by atoms with Gasteiger partial charge in [0.25, 0.3) is 32.6 Å². The second kappa shape index (κ2) is 61.4. The zero-order valence-corrected chi connectivity index (χ0v) is 80.4. The fourth-order valence-corrected chi connectivity index (χ4v) is 20.8. The number of hydrogen-bond acceptors (Lipinski definition) is 28. The van der Waals surface area contributed by atoms with Crippen molar-refractivity contribution < 1.29 is 53.6 Å². The van der Waals surface area contributed by atoms with E-state index in [4.69, 9.17) is 61.2 Å². The van der Waals surface area contributed by atoms with E-state index in [1.165, 1.54) is 89.7 Å². The molecular weight excluding hydrogens is 1720 g/mol. The number of aliphatic hydroxyl groups is 4. The summed E-state index contributed by atoms with van der Waals surface area (Å²) >= 11 is 0. The van der Waals surface area contributed by atoms with Crippen LogP contribution >= 0.6 is 0 Å². The largest absolute Gasteiger partial charge is 0.491 e. The standard InChI is InChI=1S/C30H43N5O5.C30H45N3O5.C16H25NO2.C15H22N4O4.C10H20N4O/c1-39-16-9-17-40-30(22-12-6-3-7-13-22)23-14-8-15-35(20-23)27-26(28(37)29(27)38)33-24(25(36)19-32-34-31)18-21-10-4-2-5-11-21;1-37-16-9-17-38-30(22-12-6-3-7-13-22)23-14-8-15-33(20-23)27-26(28(35)29(27)36)32-24(25(34)19-31)18-21-10-4-2-5-11-21;1-18-11-6-12-19-16(14-7-3-2-4-8-14)15-9-5-10-17-13-15;1-23-15-12(13(21)14(15)22)18-10(11(20)8-17-19-16)7-9-5-3-2-4-6-9;11-9(10(15)7-13-14-12)6-8-4-2-1-3-5-8/h3,6-7,12-13,21,23-25,30,33,36H,2,4-5,8-11,14-20H2,1H3;3,6-7,12-13,21,23-25,30,32,34H,2,4-5,8-11,14-20,31H2,1H3;2-4,7-8,15-17H,5-6,9-13H2,1H3;9-11,18,20H,2-8H2,1H3;8-10,15H,1-7,11H2/t2*23?,24-,25+,30?;;10-,11+;9-,10+/m00.00/s1. The van der Waals surface area contributed by atoms with Crippen molar-refractivity contribution in [2.45, 2.75) is 279 Å². The van der Waals surface area contributed by atoms with Gasteiger partial charge in [0, 0.05) is 139 Å². The Hall–Kier alpha value is -8.89. The fourth-order valence-electron chi connectivity index (χ4n) is 20.8. The fraction of sp³-hybridized carbons (Fsp3) is 0.703. The monoisotopic (exact) mass is 1880 g/mol. The molecule has 34 nitrogen and oxygen atoms in total. The predicted octanol–water partition coefficient (Wildman–Crippen LogP) is 14.5. The zero-order valence-electron chi connectivity index (χ0n) is 80.4. The van der Waals surface area contributed by atoms with Gasteiger partial charge in [-0.25, -0.2) is 0 Å². The smallest absolute Gasteiger partial charge is 0.271 e. The molecule has 746 valence electrons. The number of hydrogen-bond donors (Lipinski definition) is 10. The minimum atomic E-state index is -0.952. The molecule has 7 aliphatic rings. The lowest BCUT2D eigenvalue weighted by atomic mass is 9.83. The molecule has 3 aliphatic heterocycles. The molecule has 0 bridgehead atoms. The normalized spacial score (nSPS) is 20.6. The van der Waals surface area contributed by atoms with Gasteiger partial charge in [0.05, 0.1) is 87.6 Å². The van der Waals surface area contributed by atoms with E-state index in [0.717, 1.165) is 159 Å². The lowest BCUT2D eigenvalue weighted by Crippen LogP contribution is -2.50. The SMILES string of the molecule is COCCCOC(c1ccccc1)C1CCCN(c2c(N[C@@H](CC3CCCCC3)[C@H](O)CN)c(=O)c2=O)C1.COCCCOC(c1ccccc1)C1CCCN(c2c(N[C@@H](CC3CCCCC3)[C@H](O)CN=[N+]=[N-])c(=O)c2=O)C1.COCCCOC(c1ccccc1)C1CCCNC1.COc1c(N[C@@H](CC2CCCCC2)[C@H](O)CN=[N+]=[N-])c(=O)c1=O.[N-]=[N+]=NC[C@@H](O)[C@@H](N)CC1CCCCC1. The van der Waals surface area contributed by atoms with Gasteiger partial charge < -0.3 is 96.1 Å². The number of piperidine rings is 3. The summed E-state index contributed by atoms with van der Waals surface area (Å²) in [6.45, 7) is 8.83. The van der Waals surface area contributed by atoms with Crippen LogP contribution in [0.15, 0.2) is 135 Å². The van der Waals surface area contributed by atoms with Gasteiger partial charge in [-0.15, -0.1) is 0 Å². The molecule has 0 spiro atoms. The maximum atomic E-state index is 12.9. The van der Waals surface area contributed by atoms with Crippen LogP contribution in [0.25, 0.3) is 31.3 Å². The highest BCUT2D eigenvalue weighted by Crippen LogP contribution is 2.41. The van der Waals surface area contributed by atoms with E-state index >= 15 is 0 Å². The molecule has 13 rings (SSSR count). The molecule has 4 saturated carbocycles. The third kappa shape index (κ3) is 34.9. The summed E-state index contributed by atoms with van der Waals surface area (Å²) in [5.41, 5.74) is 38.9. The Morgan fingerprint density at radius 3 is 1.08 bits per heavy atom. The number of rotatable bonds is 49. The summed E-state index contributed by atoms with van der Waals surface area (Å²) in [5.74, 6) is 2.91. The van der Waals surface area contributed by atoms with Gasteiger partial charge in [0.15, 0.2) is 5.75 Å². The summed E-state index contributed by atoms with van der Waals surface area (Å²) in [6, 6.07) is 29.5. The highest BCUT2D eigenvalue weighted by Gasteiger charge is 2.40. The van der Waals surface area contributed by atoms with Crippen LogP contribution in [0.2, 0.25) is 0 Å². The van der Waals surface area contributed by atoms with Gasteiger partial charge in [-0.2, -0.15) is 0 Å². The minimum absolute atomic E-state index is 0.000344. The molecule has 135 heavy (non-hydrogen) atoms. The minimum Gasteiger partial charge on any atom is -0.491 e. The number of nitrogens with one attached hydrogen (secondary N) is 4. The van der Waals surface area contributed by atoms with Gasteiger partial charge in [-0.1, -0.05) is 235 Å². The van der Waals surface area contributed by atoms with Crippen molar-refractivity contribution in [3.63, 3.8) is 0 Å². The van der Waals surface area contributed by atoms with Crippen molar-refractivity contribution in [1.29, 1.82) is 0 Å². The quantitative estimate of drug-likeness (QED) is 0.00557. The van der Waals surface area contributed by atoms with Crippen molar-refractivity contribution in [3.8, 4) is 5.75 Å². The highest BCUT2D eigenvalue weighted by atomic mass is 16.5. The number of aliphatic hydroxyl groups excluding tert-OH is 4. The summed E-state index contributed by atoms with van der Waals surface area (Å²) in [6.07, 6.45) is 32.0. The predicted molar refractivity (Wildman–Crippen MR) is 531 cm³/mol. The van der Waals surface area contributed by atoms with E-state index < -0.39 is 69.1 Å². The molecule has 3 saturated heterocycles. The first-order valence-electron chi connectivity index (χ1n) is 50.0. The third-order valence-electron chi connectivity index (χ3n) is 28.1. The molecule has 6 aromatic rings. The number of nitrogens with zero attached hydrogens (tertiary/aromatic N) is 11.